The van der Waals surface area contributed by atoms with E-state index in [1.165, 1.54) is 43.4 Å². The number of carbonyl (C=O) groups is 1. The van der Waals surface area contributed by atoms with Gasteiger partial charge in [0.1, 0.15) is 0 Å². The normalized spacial score (nSPS) is 18.7. The van der Waals surface area contributed by atoms with Crippen molar-refractivity contribution in [1.82, 2.24) is 0 Å². The number of hydrogen-bond acceptors (Lipinski definition) is 2. The average Bonchev–Trinajstić information content (AvgIpc) is 2.87. The molecule has 1 amide bonds. The van der Waals surface area contributed by atoms with Crippen LogP contribution in [0, 0.1) is 5.92 Å². The lowest BCUT2D eigenvalue weighted by atomic mass is 9.87. The van der Waals surface area contributed by atoms with Crippen molar-refractivity contribution in [2.75, 3.05) is 17.2 Å². The largest absolute Gasteiger partial charge is 0.384 e. The van der Waals surface area contributed by atoms with Crippen LogP contribution in [0.2, 0.25) is 0 Å². The van der Waals surface area contributed by atoms with Gasteiger partial charge in [-0.15, -0.1) is 0 Å². The van der Waals surface area contributed by atoms with Crippen molar-refractivity contribution in [2.45, 2.75) is 44.9 Å². The monoisotopic (exact) mass is 258 g/mol. The maximum Gasteiger partial charge on any atom is 0.224 e. The van der Waals surface area contributed by atoms with Crippen LogP contribution in [-0.4, -0.2) is 12.5 Å². The van der Waals surface area contributed by atoms with E-state index >= 15 is 0 Å². The summed E-state index contributed by atoms with van der Waals surface area (Å²) in [5.41, 5.74) is 3.48. The highest BCUT2D eigenvalue weighted by Gasteiger charge is 2.17. The fraction of sp³-hybridized carbons (Fsp3) is 0.562. The molecule has 3 rings (SSSR count). The minimum Gasteiger partial charge on any atom is -0.384 e. The van der Waals surface area contributed by atoms with Gasteiger partial charge in [0.2, 0.25) is 5.91 Å². The zero-order valence-corrected chi connectivity index (χ0v) is 11.4. The summed E-state index contributed by atoms with van der Waals surface area (Å²) in [6.07, 6.45) is 8.13. The zero-order chi connectivity index (χ0) is 13.1. The van der Waals surface area contributed by atoms with Crippen LogP contribution in [-0.2, 0) is 11.2 Å². The molecule has 0 atom stereocenters. The number of hydrogen-bond donors (Lipinski definition) is 2. The van der Waals surface area contributed by atoms with Gasteiger partial charge in [0.15, 0.2) is 0 Å². The first-order valence-electron chi connectivity index (χ1n) is 7.48. The molecule has 0 bridgehead atoms. The first-order valence-corrected chi connectivity index (χ1v) is 7.48. The number of carbonyl (C=O) groups excluding carboxylic acids is 1. The van der Waals surface area contributed by atoms with Crippen molar-refractivity contribution in [2.24, 2.45) is 5.92 Å². The van der Waals surface area contributed by atoms with Gasteiger partial charge in [-0.3, -0.25) is 4.79 Å². The molecular formula is C16H22N2O. The van der Waals surface area contributed by atoms with E-state index in [0.717, 1.165) is 18.7 Å². The molecule has 1 aromatic carbocycles. The highest BCUT2D eigenvalue weighted by Crippen LogP contribution is 2.28. The molecule has 2 aliphatic rings. The SMILES string of the molecule is O=C(CC1CCCCC1)Nc1ccc2c(c1)CCN2. The van der Waals surface area contributed by atoms with Gasteiger partial charge in [0.25, 0.3) is 0 Å². The van der Waals surface area contributed by atoms with E-state index in [-0.39, 0.29) is 5.91 Å². The third-order valence-electron chi connectivity index (χ3n) is 4.30. The Morgan fingerprint density at radius 1 is 1.26 bits per heavy atom. The molecule has 2 N–H and O–H groups in total. The summed E-state index contributed by atoms with van der Waals surface area (Å²) in [4.78, 5) is 12.1. The Bertz CT molecular complexity index is 464. The summed E-state index contributed by atoms with van der Waals surface area (Å²) in [7, 11) is 0. The Kier molecular flexibility index (Phi) is 3.72. The van der Waals surface area contributed by atoms with Crippen LogP contribution in [0.4, 0.5) is 11.4 Å². The molecule has 1 aliphatic carbocycles. The molecule has 19 heavy (non-hydrogen) atoms. The fourth-order valence-electron chi connectivity index (χ4n) is 3.25. The number of anilines is 2. The molecule has 3 heteroatoms. The van der Waals surface area contributed by atoms with Crippen molar-refractivity contribution in [3.8, 4) is 0 Å². The lowest BCUT2D eigenvalue weighted by Crippen LogP contribution is -2.18. The number of fused-ring (bicyclic) bond motifs is 1. The minimum atomic E-state index is 0.179. The third kappa shape index (κ3) is 3.09. The summed E-state index contributed by atoms with van der Waals surface area (Å²) in [6, 6.07) is 6.17. The predicted molar refractivity (Wildman–Crippen MR) is 78.5 cm³/mol. The van der Waals surface area contributed by atoms with E-state index in [1.807, 2.05) is 6.07 Å². The molecule has 1 aliphatic heterocycles. The van der Waals surface area contributed by atoms with Gasteiger partial charge in [-0.05, 0) is 48.9 Å². The average molecular weight is 258 g/mol. The lowest BCUT2D eigenvalue weighted by Gasteiger charge is -2.20. The quantitative estimate of drug-likeness (QED) is 0.870. The smallest absolute Gasteiger partial charge is 0.224 e. The maximum atomic E-state index is 12.1. The lowest BCUT2D eigenvalue weighted by molar-refractivity contribution is -0.117. The maximum absolute atomic E-state index is 12.1. The standard InChI is InChI=1S/C16H22N2O/c19-16(10-12-4-2-1-3-5-12)18-14-6-7-15-13(11-14)8-9-17-15/h6-7,11-12,17H,1-5,8-10H2,(H,18,19). The van der Waals surface area contributed by atoms with Crippen LogP contribution in [0.25, 0.3) is 0 Å². The molecule has 1 fully saturated rings. The zero-order valence-electron chi connectivity index (χ0n) is 11.4. The molecule has 0 saturated heterocycles. The number of rotatable bonds is 3. The van der Waals surface area contributed by atoms with Gasteiger partial charge in [-0.25, -0.2) is 0 Å². The number of benzene rings is 1. The van der Waals surface area contributed by atoms with Crippen LogP contribution < -0.4 is 10.6 Å². The minimum absolute atomic E-state index is 0.179. The molecule has 1 aromatic rings. The molecule has 0 aromatic heterocycles. The van der Waals surface area contributed by atoms with Crippen molar-refractivity contribution in [3.63, 3.8) is 0 Å². The van der Waals surface area contributed by atoms with Gasteiger partial charge < -0.3 is 10.6 Å². The third-order valence-corrected chi connectivity index (χ3v) is 4.30. The van der Waals surface area contributed by atoms with Gasteiger partial charge in [0, 0.05) is 24.3 Å². The summed E-state index contributed by atoms with van der Waals surface area (Å²) in [5, 5.41) is 6.39. The molecule has 1 saturated carbocycles. The van der Waals surface area contributed by atoms with E-state index in [9.17, 15) is 4.79 Å². The molecule has 0 unspecified atom stereocenters. The van der Waals surface area contributed by atoms with Crippen LogP contribution in [0.5, 0.6) is 0 Å². The second-order valence-electron chi connectivity index (χ2n) is 5.81. The Labute approximate surface area is 114 Å². The van der Waals surface area contributed by atoms with Gasteiger partial charge >= 0.3 is 0 Å². The Hall–Kier alpha value is -1.51. The number of nitrogens with one attached hydrogen (secondary N) is 2. The van der Waals surface area contributed by atoms with Crippen LogP contribution in [0.15, 0.2) is 18.2 Å². The van der Waals surface area contributed by atoms with Crippen molar-refractivity contribution in [3.05, 3.63) is 23.8 Å². The van der Waals surface area contributed by atoms with E-state index in [4.69, 9.17) is 0 Å². The summed E-state index contributed by atoms with van der Waals surface area (Å²) < 4.78 is 0. The molecule has 1 heterocycles. The first kappa shape index (κ1) is 12.5. The Morgan fingerprint density at radius 3 is 2.95 bits per heavy atom. The van der Waals surface area contributed by atoms with Crippen LogP contribution >= 0.6 is 0 Å². The van der Waals surface area contributed by atoms with E-state index in [0.29, 0.717) is 12.3 Å². The summed E-state index contributed by atoms with van der Waals surface area (Å²) in [6.45, 7) is 1.01. The number of amides is 1. The summed E-state index contributed by atoms with van der Waals surface area (Å²) >= 11 is 0. The summed E-state index contributed by atoms with van der Waals surface area (Å²) in [5.74, 6) is 0.780. The Balaban J connectivity index is 1.56. The molecular weight excluding hydrogens is 236 g/mol. The van der Waals surface area contributed by atoms with Gasteiger partial charge in [0.05, 0.1) is 0 Å². The fourth-order valence-corrected chi connectivity index (χ4v) is 3.25. The second kappa shape index (κ2) is 5.64. The van der Waals surface area contributed by atoms with Crippen LogP contribution in [0.1, 0.15) is 44.1 Å². The van der Waals surface area contributed by atoms with Gasteiger partial charge in [-0.1, -0.05) is 19.3 Å². The van der Waals surface area contributed by atoms with Gasteiger partial charge in [-0.2, -0.15) is 0 Å². The van der Waals surface area contributed by atoms with E-state index < -0.39 is 0 Å². The van der Waals surface area contributed by atoms with Crippen LogP contribution in [0.3, 0.4) is 0 Å². The molecule has 0 radical (unpaired) electrons. The van der Waals surface area contributed by atoms with Crippen molar-refractivity contribution < 1.29 is 4.79 Å². The van der Waals surface area contributed by atoms with Crippen molar-refractivity contribution >= 4 is 17.3 Å². The van der Waals surface area contributed by atoms with E-state index in [1.54, 1.807) is 0 Å². The second-order valence-corrected chi connectivity index (χ2v) is 5.81. The molecule has 102 valence electrons. The predicted octanol–water partition coefficient (Wildman–Crippen LogP) is 3.56. The highest BCUT2D eigenvalue weighted by atomic mass is 16.1. The highest BCUT2D eigenvalue weighted by molar-refractivity contribution is 5.91. The first-order chi connectivity index (χ1) is 9.31. The molecule has 0 spiro atoms. The molecule has 3 nitrogen and oxygen atoms in total. The Morgan fingerprint density at radius 2 is 2.11 bits per heavy atom. The van der Waals surface area contributed by atoms with E-state index in [2.05, 4.69) is 22.8 Å². The van der Waals surface area contributed by atoms with Crippen molar-refractivity contribution in [1.29, 1.82) is 0 Å². The topological polar surface area (TPSA) is 41.1 Å².